The minimum Gasteiger partial charge on any atom is -0.358 e. The quantitative estimate of drug-likeness (QED) is 0.366. The summed E-state index contributed by atoms with van der Waals surface area (Å²) >= 11 is 0. The highest BCUT2D eigenvalue weighted by atomic mass is 19.1. The summed E-state index contributed by atoms with van der Waals surface area (Å²) in [5, 5.41) is 1.13. The summed E-state index contributed by atoms with van der Waals surface area (Å²) < 4.78 is 23.8. The van der Waals surface area contributed by atoms with Crippen molar-refractivity contribution >= 4 is 10.9 Å². The number of para-hydroxylation sites is 1. The number of halogens is 2. The van der Waals surface area contributed by atoms with Crippen LogP contribution in [0.2, 0.25) is 0 Å². The van der Waals surface area contributed by atoms with Gasteiger partial charge in [-0.05, 0) is 44.2 Å². The van der Waals surface area contributed by atoms with Crippen molar-refractivity contribution in [3.05, 3.63) is 90.8 Å². The molecule has 0 aliphatic carbocycles. The highest BCUT2D eigenvalue weighted by molar-refractivity contribution is 5.96. The van der Waals surface area contributed by atoms with Crippen molar-refractivity contribution in [2.75, 3.05) is 0 Å². The second-order valence-corrected chi connectivity index (χ2v) is 6.54. The number of nitrogens with zero attached hydrogens (tertiary/aromatic N) is 1. The Bertz CT molecular complexity index is 1130. The zero-order valence-electron chi connectivity index (χ0n) is 16.5. The largest absolute Gasteiger partial charge is 0.358 e. The molecule has 29 heavy (non-hydrogen) atoms. The van der Waals surface area contributed by atoms with Crippen LogP contribution in [0, 0.1) is 12.7 Å². The van der Waals surface area contributed by atoms with Gasteiger partial charge in [-0.15, -0.1) is 6.58 Å². The Labute approximate surface area is 168 Å². The third-order valence-electron chi connectivity index (χ3n) is 4.50. The molecule has 0 saturated heterocycles. The number of nitrogens with one attached hydrogen (secondary N) is 2. The maximum absolute atomic E-state index is 13.3. The van der Waals surface area contributed by atoms with E-state index in [-0.39, 0.29) is 5.82 Å². The molecule has 4 rings (SSSR count). The predicted molar refractivity (Wildman–Crippen MR) is 116 cm³/mol. The lowest BCUT2D eigenvalue weighted by atomic mass is 10.1. The van der Waals surface area contributed by atoms with Crippen LogP contribution >= 0.6 is 0 Å². The van der Waals surface area contributed by atoms with E-state index in [4.69, 9.17) is 4.98 Å². The van der Waals surface area contributed by atoms with E-state index in [2.05, 4.69) is 28.7 Å². The van der Waals surface area contributed by atoms with Gasteiger partial charge in [0, 0.05) is 39.8 Å². The van der Waals surface area contributed by atoms with E-state index in [1.54, 1.807) is 19.1 Å². The Balaban J connectivity index is 0.000000552. The first-order valence-electron chi connectivity index (χ1n) is 9.33. The normalized spacial score (nSPS) is 10.9. The number of hydrogen-bond donors (Lipinski definition) is 2. The van der Waals surface area contributed by atoms with E-state index in [1.165, 1.54) is 18.2 Å². The first kappa shape index (κ1) is 20.3. The Hall–Kier alpha value is -3.47. The van der Waals surface area contributed by atoms with E-state index >= 15 is 0 Å². The van der Waals surface area contributed by atoms with Gasteiger partial charge in [-0.3, -0.25) is 0 Å². The van der Waals surface area contributed by atoms with Crippen molar-refractivity contribution in [3.8, 4) is 22.6 Å². The number of aromatic amines is 2. The second-order valence-electron chi connectivity index (χ2n) is 6.54. The number of H-pyrrole nitrogens is 2. The van der Waals surface area contributed by atoms with Crippen LogP contribution in [0.5, 0.6) is 0 Å². The van der Waals surface area contributed by atoms with Gasteiger partial charge in [-0.2, -0.15) is 0 Å². The third-order valence-corrected chi connectivity index (χ3v) is 4.50. The van der Waals surface area contributed by atoms with Crippen molar-refractivity contribution in [3.63, 3.8) is 0 Å². The minimum absolute atomic E-state index is 0.253. The van der Waals surface area contributed by atoms with Gasteiger partial charge in [0.2, 0.25) is 0 Å². The van der Waals surface area contributed by atoms with Crippen molar-refractivity contribution in [2.45, 2.75) is 20.3 Å². The molecular formula is C24H23F2N3. The SMILES string of the molecule is C/C=C/F.C=CCc1[nH]c(-c2c(C)[nH]c3ccccc23)nc1-c1ccc(F)cc1. The summed E-state index contributed by atoms with van der Waals surface area (Å²) in [5.74, 6) is 0.559. The average molecular weight is 391 g/mol. The molecule has 0 atom stereocenters. The molecule has 2 N–H and O–H groups in total. The number of hydrogen-bond acceptors (Lipinski definition) is 1. The summed E-state index contributed by atoms with van der Waals surface area (Å²) in [5.41, 5.74) is 5.90. The molecule has 3 nitrogen and oxygen atoms in total. The smallest absolute Gasteiger partial charge is 0.140 e. The monoisotopic (exact) mass is 391 g/mol. The van der Waals surface area contributed by atoms with Crippen molar-refractivity contribution in [1.29, 1.82) is 0 Å². The van der Waals surface area contributed by atoms with Crippen LogP contribution in [0.4, 0.5) is 8.78 Å². The molecule has 0 aliphatic rings. The lowest BCUT2D eigenvalue weighted by molar-refractivity contribution is 0.628. The van der Waals surface area contributed by atoms with Crippen LogP contribution in [-0.2, 0) is 6.42 Å². The molecular weight excluding hydrogens is 368 g/mol. The summed E-state index contributed by atoms with van der Waals surface area (Å²) in [6.07, 6.45) is 4.34. The van der Waals surface area contributed by atoms with Gasteiger partial charge in [0.1, 0.15) is 11.6 Å². The fourth-order valence-electron chi connectivity index (χ4n) is 3.25. The Kier molecular flexibility index (Phi) is 6.39. The van der Waals surface area contributed by atoms with Crippen LogP contribution < -0.4 is 0 Å². The molecule has 0 bridgehead atoms. The number of benzene rings is 2. The van der Waals surface area contributed by atoms with Crippen LogP contribution in [0.3, 0.4) is 0 Å². The first-order valence-corrected chi connectivity index (χ1v) is 9.33. The molecule has 0 radical (unpaired) electrons. The fraction of sp³-hybridized carbons (Fsp3) is 0.125. The molecule has 4 aromatic rings. The number of rotatable bonds is 4. The van der Waals surface area contributed by atoms with E-state index in [1.807, 2.05) is 25.1 Å². The number of fused-ring (bicyclic) bond motifs is 1. The molecule has 2 aromatic heterocycles. The fourth-order valence-corrected chi connectivity index (χ4v) is 3.25. The molecule has 0 amide bonds. The van der Waals surface area contributed by atoms with E-state index in [0.717, 1.165) is 44.9 Å². The van der Waals surface area contributed by atoms with E-state index in [9.17, 15) is 8.78 Å². The molecule has 0 spiro atoms. The van der Waals surface area contributed by atoms with Crippen LogP contribution in [0.25, 0.3) is 33.5 Å². The number of aromatic nitrogens is 3. The maximum Gasteiger partial charge on any atom is 0.140 e. The molecule has 2 heterocycles. The zero-order valence-corrected chi connectivity index (χ0v) is 16.5. The summed E-state index contributed by atoms with van der Waals surface area (Å²) in [6.45, 7) is 7.50. The number of aryl methyl sites for hydroxylation is 1. The Morgan fingerprint density at radius 2 is 1.76 bits per heavy atom. The van der Waals surface area contributed by atoms with E-state index in [0.29, 0.717) is 12.8 Å². The van der Waals surface area contributed by atoms with Gasteiger partial charge in [0.25, 0.3) is 0 Å². The number of allylic oxidation sites excluding steroid dienone is 2. The van der Waals surface area contributed by atoms with Gasteiger partial charge in [-0.1, -0.05) is 30.4 Å². The van der Waals surface area contributed by atoms with Crippen LogP contribution in [0.15, 0.2) is 73.6 Å². The molecule has 5 heteroatoms. The molecule has 2 aromatic carbocycles. The second kappa shape index (κ2) is 9.15. The van der Waals surface area contributed by atoms with E-state index < -0.39 is 0 Å². The van der Waals surface area contributed by atoms with Crippen molar-refractivity contribution in [2.24, 2.45) is 0 Å². The van der Waals surface area contributed by atoms with Gasteiger partial charge < -0.3 is 9.97 Å². The summed E-state index contributed by atoms with van der Waals surface area (Å²) in [7, 11) is 0. The number of imidazole rings is 1. The molecule has 0 aliphatic heterocycles. The highest BCUT2D eigenvalue weighted by Crippen LogP contribution is 2.33. The Morgan fingerprint density at radius 1 is 1.07 bits per heavy atom. The van der Waals surface area contributed by atoms with Gasteiger partial charge in [0.15, 0.2) is 0 Å². The molecule has 148 valence electrons. The van der Waals surface area contributed by atoms with Crippen molar-refractivity contribution in [1.82, 2.24) is 15.0 Å². The molecule has 0 saturated carbocycles. The molecule has 0 fully saturated rings. The Morgan fingerprint density at radius 3 is 2.41 bits per heavy atom. The summed E-state index contributed by atoms with van der Waals surface area (Å²) in [4.78, 5) is 11.7. The summed E-state index contributed by atoms with van der Waals surface area (Å²) in [6, 6.07) is 14.6. The first-order chi connectivity index (χ1) is 14.1. The van der Waals surface area contributed by atoms with Crippen molar-refractivity contribution < 1.29 is 8.78 Å². The lowest BCUT2D eigenvalue weighted by Crippen LogP contribution is -1.87. The zero-order chi connectivity index (χ0) is 20.8. The third kappa shape index (κ3) is 4.35. The van der Waals surface area contributed by atoms with Gasteiger partial charge in [0.05, 0.1) is 12.0 Å². The maximum atomic E-state index is 13.3. The van der Waals surface area contributed by atoms with Gasteiger partial charge >= 0.3 is 0 Å². The standard InChI is InChI=1S/C21H18FN3.C3H5F/c1-3-6-18-20(14-9-11-15(22)12-10-14)25-21(24-18)19-13(2)23-17-8-5-4-7-16(17)19;1-2-3-4/h3-5,7-12,23H,1,6H2,2H3,(H,24,25);2-3H,1H3/b;3-2+. The molecule has 0 unspecified atom stereocenters. The minimum atomic E-state index is -0.253. The highest BCUT2D eigenvalue weighted by Gasteiger charge is 2.17. The predicted octanol–water partition coefficient (Wildman–Crippen LogP) is 6.89. The lowest BCUT2D eigenvalue weighted by Gasteiger charge is -2.00. The average Bonchev–Trinajstić information content (AvgIpc) is 3.29. The van der Waals surface area contributed by atoms with Crippen LogP contribution in [-0.4, -0.2) is 15.0 Å². The topological polar surface area (TPSA) is 44.5 Å². The van der Waals surface area contributed by atoms with Gasteiger partial charge in [-0.25, -0.2) is 13.8 Å². The van der Waals surface area contributed by atoms with Crippen LogP contribution in [0.1, 0.15) is 18.3 Å².